The summed E-state index contributed by atoms with van der Waals surface area (Å²) in [6, 6.07) is 0. The lowest BCUT2D eigenvalue weighted by Gasteiger charge is -2.61. The second-order valence-electron chi connectivity index (χ2n) is 12.7. The summed E-state index contributed by atoms with van der Waals surface area (Å²) in [4.78, 5) is 0. The van der Waals surface area contributed by atoms with Gasteiger partial charge in [-0.3, -0.25) is 0 Å². The maximum atomic E-state index is 10.3. The first-order valence-corrected chi connectivity index (χ1v) is 13.0. The molecule has 0 amide bonds. The van der Waals surface area contributed by atoms with Crippen molar-refractivity contribution >= 4 is 0 Å². The first-order chi connectivity index (χ1) is 13.7. The zero-order chi connectivity index (χ0) is 21.0. The van der Waals surface area contributed by atoms with Crippen LogP contribution in [0.2, 0.25) is 0 Å². The van der Waals surface area contributed by atoms with E-state index in [1.165, 1.54) is 51.4 Å². The fourth-order valence-electron chi connectivity index (χ4n) is 9.18. The molecule has 0 aliphatic heterocycles. The molecule has 0 spiro atoms. The minimum atomic E-state index is -0.130. The van der Waals surface area contributed by atoms with Gasteiger partial charge in [0.25, 0.3) is 0 Å². The van der Waals surface area contributed by atoms with Gasteiger partial charge < -0.3 is 10.2 Å². The van der Waals surface area contributed by atoms with E-state index in [0.29, 0.717) is 16.7 Å². The molecule has 4 aliphatic rings. The minimum absolute atomic E-state index is 0.0311. The summed E-state index contributed by atoms with van der Waals surface area (Å²) in [7, 11) is 0. The Bertz CT molecular complexity index is 573. The van der Waals surface area contributed by atoms with Crippen molar-refractivity contribution < 1.29 is 10.2 Å². The van der Waals surface area contributed by atoms with Crippen molar-refractivity contribution in [1.29, 1.82) is 0 Å². The molecule has 0 aromatic carbocycles. The van der Waals surface area contributed by atoms with E-state index in [1.807, 2.05) is 0 Å². The van der Waals surface area contributed by atoms with Crippen molar-refractivity contribution in [2.24, 2.45) is 52.3 Å². The van der Waals surface area contributed by atoms with Gasteiger partial charge in [0.2, 0.25) is 0 Å². The van der Waals surface area contributed by atoms with E-state index in [9.17, 15) is 10.2 Å². The number of rotatable bonds is 5. The standard InChI is InChI=1S/C27H48O2/c1-17(2)25(29)11-6-18(3)22-9-10-23-21-8-7-19-16-20(28)12-14-26(19,4)24(21)13-15-27(22,23)5/h17-25,28-29H,6-16H2,1-5H3/t18-,19?,20?,21?,22?,23?,24?,25?,26?,27?/m1/s1. The largest absolute Gasteiger partial charge is 0.393 e. The molecule has 0 radical (unpaired) electrons. The average Bonchev–Trinajstić information content (AvgIpc) is 3.03. The van der Waals surface area contributed by atoms with Gasteiger partial charge >= 0.3 is 0 Å². The van der Waals surface area contributed by atoms with Gasteiger partial charge in [-0.15, -0.1) is 0 Å². The van der Waals surface area contributed by atoms with Crippen LogP contribution < -0.4 is 0 Å². The van der Waals surface area contributed by atoms with Gasteiger partial charge in [0.15, 0.2) is 0 Å². The molecule has 2 heteroatoms. The monoisotopic (exact) mass is 404 g/mol. The van der Waals surface area contributed by atoms with Crippen LogP contribution in [0.25, 0.3) is 0 Å². The molecule has 29 heavy (non-hydrogen) atoms. The van der Waals surface area contributed by atoms with Crippen LogP contribution >= 0.6 is 0 Å². The maximum absolute atomic E-state index is 10.3. The molecule has 4 saturated carbocycles. The predicted molar refractivity (Wildman–Crippen MR) is 120 cm³/mol. The third-order valence-corrected chi connectivity index (χ3v) is 11.1. The van der Waals surface area contributed by atoms with Crippen LogP contribution in [0.15, 0.2) is 0 Å². The molecule has 10 atom stereocenters. The van der Waals surface area contributed by atoms with E-state index in [1.54, 1.807) is 0 Å². The van der Waals surface area contributed by atoms with Crippen LogP contribution in [0, 0.1) is 52.3 Å². The van der Waals surface area contributed by atoms with Crippen molar-refractivity contribution in [2.75, 3.05) is 0 Å². The molecule has 4 rings (SSSR count). The molecule has 0 heterocycles. The molecule has 2 N–H and O–H groups in total. The van der Waals surface area contributed by atoms with E-state index in [0.717, 1.165) is 54.8 Å². The van der Waals surface area contributed by atoms with Crippen LogP contribution in [-0.2, 0) is 0 Å². The van der Waals surface area contributed by atoms with Crippen LogP contribution in [0.3, 0.4) is 0 Å². The molecule has 0 saturated heterocycles. The van der Waals surface area contributed by atoms with Crippen LogP contribution in [0.5, 0.6) is 0 Å². The Morgan fingerprint density at radius 1 is 0.828 bits per heavy atom. The first-order valence-electron chi connectivity index (χ1n) is 13.0. The Hall–Kier alpha value is -0.0800. The minimum Gasteiger partial charge on any atom is -0.393 e. The van der Waals surface area contributed by atoms with Crippen molar-refractivity contribution in [2.45, 2.75) is 117 Å². The van der Waals surface area contributed by atoms with Gasteiger partial charge in [-0.25, -0.2) is 0 Å². The van der Waals surface area contributed by atoms with E-state index >= 15 is 0 Å². The van der Waals surface area contributed by atoms with Crippen molar-refractivity contribution in [3.8, 4) is 0 Å². The normalized spacial score (nSPS) is 49.2. The summed E-state index contributed by atoms with van der Waals surface area (Å²) in [6.45, 7) is 12.0. The summed E-state index contributed by atoms with van der Waals surface area (Å²) in [5, 5.41) is 20.6. The highest BCUT2D eigenvalue weighted by Gasteiger charge is 2.60. The summed E-state index contributed by atoms with van der Waals surface area (Å²) in [6.07, 6.45) is 13.9. The quantitative estimate of drug-likeness (QED) is 0.553. The average molecular weight is 405 g/mol. The third kappa shape index (κ3) is 3.73. The van der Waals surface area contributed by atoms with Gasteiger partial charge in [-0.1, -0.05) is 34.6 Å². The maximum Gasteiger partial charge on any atom is 0.0563 e. The topological polar surface area (TPSA) is 40.5 Å². The smallest absolute Gasteiger partial charge is 0.0563 e. The Balaban J connectivity index is 1.46. The molecule has 2 nitrogen and oxygen atoms in total. The van der Waals surface area contributed by atoms with E-state index in [2.05, 4.69) is 34.6 Å². The number of fused-ring (bicyclic) bond motifs is 5. The summed E-state index contributed by atoms with van der Waals surface area (Å²) < 4.78 is 0. The van der Waals surface area contributed by atoms with Gasteiger partial charge in [-0.2, -0.15) is 0 Å². The molecule has 168 valence electrons. The third-order valence-electron chi connectivity index (χ3n) is 11.1. The SMILES string of the molecule is CC(C)C(O)CC[C@@H](C)C1CCC2C3CCC4CC(O)CCC4(C)C3CCC21C. The molecule has 4 fully saturated rings. The Morgan fingerprint density at radius 3 is 2.24 bits per heavy atom. The molecule has 4 aliphatic carbocycles. The summed E-state index contributed by atoms with van der Waals surface area (Å²) >= 11 is 0. The van der Waals surface area contributed by atoms with Crippen molar-refractivity contribution in [3.63, 3.8) is 0 Å². The Labute approximate surface area is 180 Å². The number of hydrogen-bond donors (Lipinski definition) is 2. The zero-order valence-electron chi connectivity index (χ0n) is 19.9. The Morgan fingerprint density at radius 2 is 1.52 bits per heavy atom. The second-order valence-corrected chi connectivity index (χ2v) is 12.7. The number of aliphatic hydroxyl groups is 2. The summed E-state index contributed by atoms with van der Waals surface area (Å²) in [5.74, 6) is 5.51. The van der Waals surface area contributed by atoms with E-state index < -0.39 is 0 Å². The van der Waals surface area contributed by atoms with Crippen molar-refractivity contribution in [1.82, 2.24) is 0 Å². The van der Waals surface area contributed by atoms with Gasteiger partial charge in [0, 0.05) is 0 Å². The lowest BCUT2D eigenvalue weighted by Crippen LogP contribution is -2.54. The van der Waals surface area contributed by atoms with Gasteiger partial charge in [-0.05, 0) is 123 Å². The zero-order valence-corrected chi connectivity index (χ0v) is 19.9. The lowest BCUT2D eigenvalue weighted by atomic mass is 9.44. The fourth-order valence-corrected chi connectivity index (χ4v) is 9.18. The highest BCUT2D eigenvalue weighted by Crippen LogP contribution is 2.68. The highest BCUT2D eigenvalue weighted by atomic mass is 16.3. The molecule has 0 aromatic rings. The highest BCUT2D eigenvalue weighted by molar-refractivity contribution is 5.09. The molecular weight excluding hydrogens is 356 g/mol. The van der Waals surface area contributed by atoms with Crippen LogP contribution in [0.4, 0.5) is 0 Å². The van der Waals surface area contributed by atoms with Crippen LogP contribution in [0.1, 0.15) is 105 Å². The first kappa shape index (κ1) is 22.1. The Kier molecular flexibility index (Phi) is 6.19. The molecular formula is C27H48O2. The molecule has 9 unspecified atom stereocenters. The van der Waals surface area contributed by atoms with E-state index in [-0.39, 0.29) is 12.2 Å². The molecule has 0 aromatic heterocycles. The van der Waals surface area contributed by atoms with E-state index in [4.69, 9.17) is 0 Å². The number of aliphatic hydroxyl groups excluding tert-OH is 2. The predicted octanol–water partition coefficient (Wildman–Crippen LogP) is 6.44. The van der Waals surface area contributed by atoms with Gasteiger partial charge in [0.1, 0.15) is 0 Å². The van der Waals surface area contributed by atoms with Gasteiger partial charge in [0.05, 0.1) is 12.2 Å². The number of hydrogen-bond acceptors (Lipinski definition) is 2. The summed E-state index contributed by atoms with van der Waals surface area (Å²) in [5.41, 5.74) is 1.02. The second kappa shape index (κ2) is 8.12. The van der Waals surface area contributed by atoms with Crippen molar-refractivity contribution in [3.05, 3.63) is 0 Å². The van der Waals surface area contributed by atoms with Crippen LogP contribution in [-0.4, -0.2) is 22.4 Å². The fraction of sp³-hybridized carbons (Fsp3) is 1.00. The lowest BCUT2D eigenvalue weighted by molar-refractivity contribution is -0.129. The molecule has 0 bridgehead atoms.